The van der Waals surface area contributed by atoms with E-state index in [1.165, 1.54) is 5.70 Å². The number of hydrogen-bond donors (Lipinski definition) is 0. The first-order valence-electron chi connectivity index (χ1n) is 3.39. The van der Waals surface area contributed by atoms with E-state index in [-0.39, 0.29) is 0 Å². The third kappa shape index (κ3) is 4.07. The van der Waals surface area contributed by atoms with Gasteiger partial charge in [0.1, 0.15) is 0 Å². The van der Waals surface area contributed by atoms with E-state index in [1.807, 2.05) is 0 Å². The molecule has 0 saturated heterocycles. The van der Waals surface area contributed by atoms with Gasteiger partial charge < -0.3 is 4.90 Å². The number of nitrogens with zero attached hydrogens (tertiary/aromatic N) is 1. The fraction of sp³-hybridized carbons (Fsp3) is 0.750. The average molecular weight is 127 g/mol. The van der Waals surface area contributed by atoms with E-state index in [1.54, 1.807) is 0 Å². The summed E-state index contributed by atoms with van der Waals surface area (Å²) in [5.41, 5.74) is 1.34. The standard InChI is InChI=1S/C8H17N/c1-7(2)6-8(3)9(4)5/h6-7H,1-5H3. The van der Waals surface area contributed by atoms with Crippen molar-refractivity contribution in [2.45, 2.75) is 20.8 Å². The zero-order valence-corrected chi connectivity index (χ0v) is 7.10. The van der Waals surface area contributed by atoms with Gasteiger partial charge in [-0.05, 0) is 12.8 Å². The van der Waals surface area contributed by atoms with Gasteiger partial charge in [-0.15, -0.1) is 0 Å². The Balaban J connectivity index is 3.84. The molecule has 0 saturated carbocycles. The van der Waals surface area contributed by atoms with Crippen LogP contribution in [0.3, 0.4) is 0 Å². The molecule has 0 heterocycles. The minimum atomic E-state index is 0.660. The molecule has 1 nitrogen and oxygen atoms in total. The topological polar surface area (TPSA) is 3.24 Å². The Hall–Kier alpha value is -0.460. The summed E-state index contributed by atoms with van der Waals surface area (Å²) >= 11 is 0. The summed E-state index contributed by atoms with van der Waals surface area (Å²) < 4.78 is 0. The van der Waals surface area contributed by atoms with Crippen molar-refractivity contribution in [1.82, 2.24) is 4.90 Å². The van der Waals surface area contributed by atoms with E-state index in [2.05, 4.69) is 45.8 Å². The lowest BCUT2D eigenvalue weighted by atomic mass is 10.2. The van der Waals surface area contributed by atoms with Gasteiger partial charge in [0.25, 0.3) is 0 Å². The van der Waals surface area contributed by atoms with Crippen LogP contribution in [0, 0.1) is 5.92 Å². The molecule has 0 aromatic rings. The van der Waals surface area contributed by atoms with E-state index in [9.17, 15) is 0 Å². The minimum absolute atomic E-state index is 0.660. The Morgan fingerprint density at radius 1 is 1.33 bits per heavy atom. The first kappa shape index (κ1) is 8.54. The third-order valence-electron chi connectivity index (χ3n) is 1.28. The van der Waals surface area contributed by atoms with Gasteiger partial charge in [-0.3, -0.25) is 0 Å². The summed E-state index contributed by atoms with van der Waals surface area (Å²) in [7, 11) is 4.13. The van der Waals surface area contributed by atoms with Gasteiger partial charge in [0.05, 0.1) is 0 Å². The Morgan fingerprint density at radius 3 is 1.89 bits per heavy atom. The number of rotatable bonds is 2. The molecule has 0 aliphatic rings. The molecule has 0 amide bonds. The zero-order valence-electron chi connectivity index (χ0n) is 7.10. The van der Waals surface area contributed by atoms with Crippen LogP contribution >= 0.6 is 0 Å². The van der Waals surface area contributed by atoms with E-state index in [0.29, 0.717) is 5.92 Å². The normalized spacial score (nSPS) is 12.4. The highest BCUT2D eigenvalue weighted by molar-refractivity contribution is 4.96. The molecule has 0 rings (SSSR count). The molecule has 0 aromatic heterocycles. The summed E-state index contributed by atoms with van der Waals surface area (Å²) in [5, 5.41) is 0. The lowest BCUT2D eigenvalue weighted by molar-refractivity contribution is 0.506. The van der Waals surface area contributed by atoms with Gasteiger partial charge in [-0.1, -0.05) is 19.9 Å². The summed E-state index contributed by atoms with van der Waals surface area (Å²) in [6.07, 6.45) is 2.25. The molecule has 0 N–H and O–H groups in total. The minimum Gasteiger partial charge on any atom is -0.381 e. The van der Waals surface area contributed by atoms with Crippen LogP contribution in [0.25, 0.3) is 0 Å². The fourth-order valence-electron chi connectivity index (χ4n) is 0.631. The number of hydrogen-bond acceptors (Lipinski definition) is 1. The quantitative estimate of drug-likeness (QED) is 0.549. The number of allylic oxidation sites excluding steroid dienone is 2. The van der Waals surface area contributed by atoms with Gasteiger partial charge in [0.15, 0.2) is 0 Å². The Bertz CT molecular complexity index is 101. The molecule has 54 valence electrons. The van der Waals surface area contributed by atoms with Crippen molar-refractivity contribution >= 4 is 0 Å². The third-order valence-corrected chi connectivity index (χ3v) is 1.28. The van der Waals surface area contributed by atoms with Crippen molar-refractivity contribution in [3.05, 3.63) is 11.8 Å². The van der Waals surface area contributed by atoms with Crippen molar-refractivity contribution in [3.8, 4) is 0 Å². The SMILES string of the molecule is CC(=CC(C)C)N(C)C. The largest absolute Gasteiger partial charge is 0.381 e. The Kier molecular flexibility index (Phi) is 3.36. The van der Waals surface area contributed by atoms with Crippen LogP contribution in [0.4, 0.5) is 0 Å². The molecule has 0 spiro atoms. The molecule has 9 heavy (non-hydrogen) atoms. The van der Waals surface area contributed by atoms with Gasteiger partial charge >= 0.3 is 0 Å². The van der Waals surface area contributed by atoms with Crippen molar-refractivity contribution in [2.24, 2.45) is 5.92 Å². The molecule has 0 unspecified atom stereocenters. The predicted octanol–water partition coefficient (Wildman–Crippen LogP) is 2.11. The molecular formula is C8H17N. The first-order chi connectivity index (χ1) is 4.04. The van der Waals surface area contributed by atoms with Crippen LogP contribution in [0.2, 0.25) is 0 Å². The van der Waals surface area contributed by atoms with Gasteiger partial charge in [-0.2, -0.15) is 0 Å². The molecule has 1 heteroatoms. The van der Waals surface area contributed by atoms with Crippen LogP contribution in [-0.4, -0.2) is 19.0 Å². The molecule has 0 radical (unpaired) electrons. The van der Waals surface area contributed by atoms with E-state index >= 15 is 0 Å². The highest BCUT2D eigenvalue weighted by atomic mass is 15.1. The van der Waals surface area contributed by atoms with Crippen molar-refractivity contribution < 1.29 is 0 Å². The summed E-state index contributed by atoms with van der Waals surface area (Å²) in [4.78, 5) is 2.12. The second-order valence-corrected chi connectivity index (χ2v) is 2.95. The smallest absolute Gasteiger partial charge is 0.00579 e. The van der Waals surface area contributed by atoms with Crippen LogP contribution < -0.4 is 0 Å². The Morgan fingerprint density at radius 2 is 1.78 bits per heavy atom. The van der Waals surface area contributed by atoms with Gasteiger partial charge in [0.2, 0.25) is 0 Å². The van der Waals surface area contributed by atoms with Gasteiger partial charge in [0, 0.05) is 19.8 Å². The summed E-state index contributed by atoms with van der Waals surface area (Å²) in [5.74, 6) is 0.660. The van der Waals surface area contributed by atoms with Crippen molar-refractivity contribution in [3.63, 3.8) is 0 Å². The van der Waals surface area contributed by atoms with Crippen molar-refractivity contribution in [2.75, 3.05) is 14.1 Å². The second-order valence-electron chi connectivity index (χ2n) is 2.95. The molecular weight excluding hydrogens is 110 g/mol. The van der Waals surface area contributed by atoms with Crippen LogP contribution in [0.5, 0.6) is 0 Å². The molecule has 0 atom stereocenters. The van der Waals surface area contributed by atoms with Crippen LogP contribution in [0.1, 0.15) is 20.8 Å². The van der Waals surface area contributed by atoms with Crippen LogP contribution in [0.15, 0.2) is 11.8 Å². The summed E-state index contributed by atoms with van der Waals surface area (Å²) in [6, 6.07) is 0. The maximum atomic E-state index is 2.25. The highest BCUT2D eigenvalue weighted by Crippen LogP contribution is 2.02. The monoisotopic (exact) mass is 127 g/mol. The summed E-state index contributed by atoms with van der Waals surface area (Å²) in [6.45, 7) is 6.50. The molecule has 0 aliphatic carbocycles. The average Bonchev–Trinajstić information content (AvgIpc) is 1.63. The van der Waals surface area contributed by atoms with E-state index < -0.39 is 0 Å². The van der Waals surface area contributed by atoms with Crippen LogP contribution in [-0.2, 0) is 0 Å². The maximum Gasteiger partial charge on any atom is 0.00579 e. The lowest BCUT2D eigenvalue weighted by Gasteiger charge is -2.13. The predicted molar refractivity (Wildman–Crippen MR) is 42.3 cm³/mol. The van der Waals surface area contributed by atoms with E-state index in [4.69, 9.17) is 0 Å². The Labute approximate surface area is 58.4 Å². The lowest BCUT2D eigenvalue weighted by Crippen LogP contribution is -2.08. The first-order valence-corrected chi connectivity index (χ1v) is 3.39. The fourth-order valence-corrected chi connectivity index (χ4v) is 0.631. The molecule has 0 aromatic carbocycles. The zero-order chi connectivity index (χ0) is 7.44. The van der Waals surface area contributed by atoms with Crippen molar-refractivity contribution in [1.29, 1.82) is 0 Å². The second kappa shape index (κ2) is 3.54. The molecule has 0 fully saturated rings. The molecule has 0 bridgehead atoms. The maximum absolute atomic E-state index is 2.25. The van der Waals surface area contributed by atoms with E-state index in [0.717, 1.165) is 0 Å². The molecule has 0 aliphatic heterocycles. The highest BCUT2D eigenvalue weighted by Gasteiger charge is 1.91. The van der Waals surface area contributed by atoms with Gasteiger partial charge in [-0.25, -0.2) is 0 Å².